The van der Waals surface area contributed by atoms with E-state index in [1.165, 1.54) is 0 Å². The maximum absolute atomic E-state index is 13.4. The van der Waals surface area contributed by atoms with Crippen molar-refractivity contribution in [1.82, 2.24) is 9.97 Å². The van der Waals surface area contributed by atoms with E-state index in [0.29, 0.717) is 6.42 Å². The van der Waals surface area contributed by atoms with Gasteiger partial charge in [-0.2, -0.15) is 4.98 Å². The lowest BCUT2D eigenvalue weighted by molar-refractivity contribution is -0.117. The predicted molar refractivity (Wildman–Crippen MR) is 54.6 cm³/mol. The number of amides is 1. The van der Waals surface area contributed by atoms with E-state index >= 15 is 0 Å². The Balaban J connectivity index is 2.41. The van der Waals surface area contributed by atoms with E-state index in [-0.39, 0.29) is 30.0 Å². The SMILES string of the molecule is O=C1CC[C@@H](CO)N1c1nc(Cl)ncc1F. The summed E-state index contributed by atoms with van der Waals surface area (Å²) >= 11 is 5.54. The summed E-state index contributed by atoms with van der Waals surface area (Å²) in [6.45, 7) is -0.229. The Morgan fingerprint density at radius 2 is 2.44 bits per heavy atom. The largest absolute Gasteiger partial charge is 0.394 e. The first-order valence-corrected chi connectivity index (χ1v) is 5.12. The minimum Gasteiger partial charge on any atom is -0.394 e. The average molecular weight is 246 g/mol. The van der Waals surface area contributed by atoms with Gasteiger partial charge in [0.1, 0.15) is 0 Å². The zero-order chi connectivity index (χ0) is 11.7. The summed E-state index contributed by atoms with van der Waals surface area (Å²) in [6.07, 6.45) is 1.66. The second-order valence-corrected chi connectivity index (χ2v) is 3.79. The normalized spacial score (nSPS) is 20.6. The minimum absolute atomic E-state index is 0.132. The third-order valence-corrected chi connectivity index (χ3v) is 2.64. The number of nitrogens with zero attached hydrogens (tertiary/aromatic N) is 3. The lowest BCUT2D eigenvalue weighted by atomic mass is 10.2. The molecule has 7 heteroatoms. The molecule has 1 aliphatic rings. The van der Waals surface area contributed by atoms with Crippen molar-refractivity contribution in [2.24, 2.45) is 0 Å². The summed E-state index contributed by atoms with van der Waals surface area (Å²) in [6, 6.07) is -0.437. The van der Waals surface area contributed by atoms with Crippen molar-refractivity contribution in [2.75, 3.05) is 11.5 Å². The van der Waals surface area contributed by atoms with Crippen LogP contribution in [-0.4, -0.2) is 33.6 Å². The Hall–Kier alpha value is -1.27. The molecule has 2 rings (SSSR count). The van der Waals surface area contributed by atoms with Crippen LogP contribution < -0.4 is 4.90 Å². The Morgan fingerprint density at radius 3 is 3.12 bits per heavy atom. The molecule has 1 fully saturated rings. The Labute approximate surface area is 95.9 Å². The van der Waals surface area contributed by atoms with Crippen molar-refractivity contribution in [3.63, 3.8) is 0 Å². The van der Waals surface area contributed by atoms with Crippen molar-refractivity contribution in [3.05, 3.63) is 17.3 Å². The van der Waals surface area contributed by atoms with E-state index < -0.39 is 11.9 Å². The number of halogens is 2. The van der Waals surface area contributed by atoms with Crippen LogP contribution in [0.2, 0.25) is 5.28 Å². The van der Waals surface area contributed by atoms with Gasteiger partial charge in [-0.1, -0.05) is 0 Å². The van der Waals surface area contributed by atoms with Crippen LogP contribution >= 0.6 is 11.6 Å². The zero-order valence-electron chi connectivity index (χ0n) is 8.23. The fraction of sp³-hybridized carbons (Fsp3) is 0.444. The number of carbonyl (C=O) groups excluding carboxylic acids is 1. The van der Waals surface area contributed by atoms with Gasteiger partial charge in [0, 0.05) is 6.42 Å². The average Bonchev–Trinajstić information content (AvgIpc) is 2.63. The van der Waals surface area contributed by atoms with Gasteiger partial charge < -0.3 is 5.11 Å². The molecule has 0 saturated carbocycles. The van der Waals surface area contributed by atoms with Crippen LogP contribution in [-0.2, 0) is 4.79 Å². The van der Waals surface area contributed by atoms with Crippen LogP contribution in [0.15, 0.2) is 6.20 Å². The molecule has 2 heterocycles. The maximum Gasteiger partial charge on any atom is 0.228 e. The van der Waals surface area contributed by atoms with Gasteiger partial charge in [0.2, 0.25) is 11.2 Å². The lowest BCUT2D eigenvalue weighted by Gasteiger charge is -2.22. The summed E-state index contributed by atoms with van der Waals surface area (Å²) in [5.74, 6) is -1.16. The first-order valence-electron chi connectivity index (χ1n) is 4.74. The van der Waals surface area contributed by atoms with Gasteiger partial charge in [0.15, 0.2) is 11.6 Å². The second-order valence-electron chi connectivity index (χ2n) is 3.45. The highest BCUT2D eigenvalue weighted by molar-refractivity contribution is 6.28. The molecule has 1 N–H and O–H groups in total. The second kappa shape index (κ2) is 4.31. The molecule has 0 aromatic carbocycles. The lowest BCUT2D eigenvalue weighted by Crippen LogP contribution is -2.36. The van der Waals surface area contributed by atoms with Crippen molar-refractivity contribution >= 4 is 23.3 Å². The molecule has 1 saturated heterocycles. The van der Waals surface area contributed by atoms with Crippen molar-refractivity contribution < 1.29 is 14.3 Å². The van der Waals surface area contributed by atoms with Crippen LogP contribution in [0.25, 0.3) is 0 Å². The zero-order valence-corrected chi connectivity index (χ0v) is 8.98. The molecule has 0 bridgehead atoms. The van der Waals surface area contributed by atoms with Crippen LogP contribution in [0.5, 0.6) is 0 Å². The third-order valence-electron chi connectivity index (χ3n) is 2.46. The quantitative estimate of drug-likeness (QED) is 0.781. The summed E-state index contributed by atoms with van der Waals surface area (Å²) in [7, 11) is 0. The van der Waals surface area contributed by atoms with E-state index in [1.807, 2.05) is 0 Å². The number of carbonyl (C=O) groups is 1. The topological polar surface area (TPSA) is 66.3 Å². The summed E-state index contributed by atoms with van der Waals surface area (Å²) in [5, 5.41) is 8.95. The molecule has 5 nitrogen and oxygen atoms in total. The van der Waals surface area contributed by atoms with Gasteiger partial charge >= 0.3 is 0 Å². The molecular formula is C9H9ClFN3O2. The van der Waals surface area contributed by atoms with Crippen molar-refractivity contribution in [2.45, 2.75) is 18.9 Å². The molecule has 0 spiro atoms. The van der Waals surface area contributed by atoms with E-state index in [0.717, 1.165) is 11.1 Å². The molecule has 16 heavy (non-hydrogen) atoms. The molecule has 0 radical (unpaired) electrons. The predicted octanol–water partition coefficient (Wildman–Crippen LogP) is 0.757. The van der Waals surface area contributed by atoms with E-state index in [2.05, 4.69) is 9.97 Å². The standard InChI is InChI=1S/C9H9ClFN3O2/c10-9-12-3-6(11)8(13-9)14-5(4-15)1-2-7(14)16/h3,5,15H,1-2,4H2/t5-/m0/s1. The molecular weight excluding hydrogens is 237 g/mol. The van der Waals surface area contributed by atoms with Gasteiger partial charge in [0.25, 0.3) is 0 Å². The van der Waals surface area contributed by atoms with Crippen LogP contribution in [0, 0.1) is 5.82 Å². The summed E-state index contributed by atoms with van der Waals surface area (Å²) in [4.78, 5) is 19.8. The molecule has 0 unspecified atom stereocenters. The highest BCUT2D eigenvalue weighted by Gasteiger charge is 2.34. The third kappa shape index (κ3) is 1.85. The van der Waals surface area contributed by atoms with E-state index in [9.17, 15) is 9.18 Å². The van der Waals surface area contributed by atoms with E-state index in [1.54, 1.807) is 0 Å². The number of aromatic nitrogens is 2. The number of hydrogen-bond acceptors (Lipinski definition) is 4. The fourth-order valence-electron chi connectivity index (χ4n) is 1.71. The van der Waals surface area contributed by atoms with E-state index in [4.69, 9.17) is 16.7 Å². The van der Waals surface area contributed by atoms with Gasteiger partial charge in [-0.15, -0.1) is 0 Å². The molecule has 0 aliphatic carbocycles. The maximum atomic E-state index is 13.4. The fourth-order valence-corrected chi connectivity index (χ4v) is 1.84. The van der Waals surface area contributed by atoms with Crippen LogP contribution in [0.1, 0.15) is 12.8 Å². The molecule has 1 amide bonds. The highest BCUT2D eigenvalue weighted by Crippen LogP contribution is 2.27. The van der Waals surface area contributed by atoms with Gasteiger partial charge in [-0.05, 0) is 18.0 Å². The van der Waals surface area contributed by atoms with Gasteiger partial charge in [-0.25, -0.2) is 9.37 Å². The Kier molecular flexibility index (Phi) is 3.02. The summed E-state index contributed by atoms with van der Waals surface area (Å²) in [5.41, 5.74) is 0. The smallest absolute Gasteiger partial charge is 0.228 e. The Bertz CT molecular complexity index is 429. The van der Waals surface area contributed by atoms with Gasteiger partial charge in [0.05, 0.1) is 18.8 Å². The number of aliphatic hydroxyl groups excluding tert-OH is 1. The van der Waals surface area contributed by atoms with Crippen molar-refractivity contribution in [3.8, 4) is 0 Å². The first kappa shape index (κ1) is 11.2. The van der Waals surface area contributed by atoms with Crippen LogP contribution in [0.3, 0.4) is 0 Å². The number of aliphatic hydroxyl groups is 1. The number of anilines is 1. The number of hydrogen-bond donors (Lipinski definition) is 1. The number of rotatable bonds is 2. The molecule has 1 aliphatic heterocycles. The van der Waals surface area contributed by atoms with Crippen molar-refractivity contribution in [1.29, 1.82) is 0 Å². The highest BCUT2D eigenvalue weighted by atomic mass is 35.5. The van der Waals surface area contributed by atoms with Gasteiger partial charge in [-0.3, -0.25) is 9.69 Å². The monoisotopic (exact) mass is 245 g/mol. The molecule has 1 aromatic heterocycles. The summed E-state index contributed by atoms with van der Waals surface area (Å²) < 4.78 is 13.4. The van der Waals surface area contributed by atoms with Crippen LogP contribution in [0.4, 0.5) is 10.2 Å². The Morgan fingerprint density at radius 1 is 1.69 bits per heavy atom. The molecule has 86 valence electrons. The minimum atomic E-state index is -0.724. The molecule has 1 aromatic rings. The molecule has 1 atom stereocenters. The first-order chi connectivity index (χ1) is 7.63.